The van der Waals surface area contributed by atoms with Crippen molar-refractivity contribution in [1.29, 1.82) is 0 Å². The van der Waals surface area contributed by atoms with Crippen LogP contribution in [0.2, 0.25) is 0 Å². The molecule has 2 aliphatic rings. The lowest BCUT2D eigenvalue weighted by molar-refractivity contribution is 0.353. The number of hydrogen-bond acceptors (Lipinski definition) is 8. The Morgan fingerprint density at radius 2 is 1.93 bits per heavy atom. The zero-order valence-electron chi connectivity index (χ0n) is 16.6. The Morgan fingerprint density at radius 1 is 1.07 bits per heavy atom. The number of aromatic amines is 1. The second-order valence-corrected chi connectivity index (χ2v) is 9.04. The Labute approximate surface area is 177 Å². The van der Waals surface area contributed by atoms with E-state index in [2.05, 4.69) is 48.7 Å². The summed E-state index contributed by atoms with van der Waals surface area (Å²) in [5.41, 5.74) is 6.30. The fraction of sp³-hybridized carbons (Fsp3) is 0.381. The molecule has 2 saturated heterocycles. The zero-order chi connectivity index (χ0) is 20.1. The molecule has 0 amide bonds. The van der Waals surface area contributed by atoms with Gasteiger partial charge in [-0.2, -0.15) is 5.10 Å². The minimum Gasteiger partial charge on any atom is -0.355 e. The molecule has 2 aliphatic heterocycles. The maximum absolute atomic E-state index is 4.70. The van der Waals surface area contributed by atoms with Crippen molar-refractivity contribution in [2.75, 3.05) is 11.9 Å². The maximum Gasteiger partial charge on any atom is 0.151 e. The number of pyridine rings is 1. The lowest BCUT2D eigenvalue weighted by atomic mass is 9.98. The summed E-state index contributed by atoms with van der Waals surface area (Å²) < 4.78 is 1.01. The van der Waals surface area contributed by atoms with Gasteiger partial charge in [0.15, 0.2) is 5.82 Å². The summed E-state index contributed by atoms with van der Waals surface area (Å²) in [5, 5.41) is 19.7. The molecule has 2 fully saturated rings. The van der Waals surface area contributed by atoms with Crippen molar-refractivity contribution in [2.45, 2.75) is 43.8 Å². The van der Waals surface area contributed by atoms with Gasteiger partial charge in [0, 0.05) is 48.7 Å². The van der Waals surface area contributed by atoms with Gasteiger partial charge in [-0.05, 0) is 37.8 Å². The standard InChI is InChI=1S/C21H22N8S/c1-29(15-6-13-2-3-14(7-15)26-13)18-5-4-17(27-28-18)20-21-19(23-11-30-21)16(10-22-20)12-8-24-25-9-12/h4-5,8-11,13-15,26H,2-3,6-7H2,1H3,(H,24,25)/t13-,14+,15?. The molecule has 1 unspecified atom stereocenters. The van der Waals surface area contributed by atoms with Crippen molar-refractivity contribution in [1.82, 2.24) is 35.7 Å². The van der Waals surface area contributed by atoms with Crippen LogP contribution in [0.25, 0.3) is 32.7 Å². The Balaban J connectivity index is 1.30. The second-order valence-electron chi connectivity index (χ2n) is 8.19. The molecule has 152 valence electrons. The molecule has 4 aromatic heterocycles. The van der Waals surface area contributed by atoms with Crippen LogP contribution in [0.3, 0.4) is 0 Å². The quantitative estimate of drug-likeness (QED) is 0.525. The van der Waals surface area contributed by atoms with Crippen LogP contribution >= 0.6 is 11.3 Å². The van der Waals surface area contributed by atoms with Gasteiger partial charge in [0.1, 0.15) is 11.4 Å². The van der Waals surface area contributed by atoms with Crippen LogP contribution in [-0.2, 0) is 0 Å². The molecule has 9 heteroatoms. The molecule has 30 heavy (non-hydrogen) atoms. The summed E-state index contributed by atoms with van der Waals surface area (Å²) in [6.45, 7) is 0. The van der Waals surface area contributed by atoms with E-state index in [1.807, 2.05) is 24.0 Å². The van der Waals surface area contributed by atoms with E-state index in [0.29, 0.717) is 18.1 Å². The Morgan fingerprint density at radius 3 is 2.67 bits per heavy atom. The SMILES string of the molecule is CN(c1ccc(-c2ncc(-c3cn[nH]c3)c3ncsc23)nn1)C1C[C@H]2CC[C@@H](C1)N2. The highest BCUT2D eigenvalue weighted by Crippen LogP contribution is 2.35. The van der Waals surface area contributed by atoms with Gasteiger partial charge >= 0.3 is 0 Å². The average molecular weight is 419 g/mol. The second kappa shape index (κ2) is 7.10. The lowest BCUT2D eigenvalue weighted by Crippen LogP contribution is -2.47. The average Bonchev–Trinajstić information content (AvgIpc) is 3.54. The number of hydrogen-bond donors (Lipinski definition) is 2. The number of anilines is 1. The molecular weight excluding hydrogens is 396 g/mol. The van der Waals surface area contributed by atoms with Gasteiger partial charge < -0.3 is 10.2 Å². The normalized spacial score (nSPS) is 23.2. The van der Waals surface area contributed by atoms with Crippen LogP contribution in [0.1, 0.15) is 25.7 Å². The molecule has 2 bridgehead atoms. The van der Waals surface area contributed by atoms with Crippen molar-refractivity contribution in [3.05, 3.63) is 36.2 Å². The number of thiazole rings is 1. The van der Waals surface area contributed by atoms with Crippen LogP contribution in [0.4, 0.5) is 5.82 Å². The predicted molar refractivity (Wildman–Crippen MR) is 117 cm³/mol. The summed E-state index contributed by atoms with van der Waals surface area (Å²) in [5.74, 6) is 0.917. The maximum atomic E-state index is 4.70. The highest BCUT2D eigenvalue weighted by molar-refractivity contribution is 7.17. The third-order valence-corrected chi connectivity index (χ3v) is 7.25. The monoisotopic (exact) mass is 418 g/mol. The van der Waals surface area contributed by atoms with Gasteiger partial charge in [0.25, 0.3) is 0 Å². The Bertz CT molecular complexity index is 1160. The third kappa shape index (κ3) is 2.96. The van der Waals surface area contributed by atoms with Gasteiger partial charge in [0.2, 0.25) is 0 Å². The van der Waals surface area contributed by atoms with E-state index >= 15 is 0 Å². The number of rotatable bonds is 4. The summed E-state index contributed by atoms with van der Waals surface area (Å²) in [6.07, 6.45) is 10.4. The molecule has 8 nitrogen and oxygen atoms in total. The van der Waals surface area contributed by atoms with Crippen LogP contribution in [0, 0.1) is 0 Å². The van der Waals surface area contributed by atoms with Crippen LogP contribution < -0.4 is 10.2 Å². The molecular formula is C21H22N8S. The van der Waals surface area contributed by atoms with Crippen LogP contribution in [-0.4, -0.2) is 55.5 Å². The van der Waals surface area contributed by atoms with Gasteiger partial charge in [-0.3, -0.25) is 10.1 Å². The highest BCUT2D eigenvalue weighted by atomic mass is 32.1. The minimum absolute atomic E-state index is 0.518. The summed E-state index contributed by atoms with van der Waals surface area (Å²) in [6, 6.07) is 5.91. The molecule has 0 aliphatic carbocycles. The highest BCUT2D eigenvalue weighted by Gasteiger charge is 2.35. The van der Waals surface area contributed by atoms with Crippen LogP contribution in [0.5, 0.6) is 0 Å². The van der Waals surface area contributed by atoms with E-state index < -0.39 is 0 Å². The number of piperidine rings is 1. The Kier molecular flexibility index (Phi) is 4.24. The molecule has 0 aromatic carbocycles. The molecule has 0 saturated carbocycles. The number of aromatic nitrogens is 6. The largest absolute Gasteiger partial charge is 0.355 e. The van der Waals surface area contributed by atoms with Crippen molar-refractivity contribution in [2.24, 2.45) is 0 Å². The van der Waals surface area contributed by atoms with Gasteiger partial charge in [-0.15, -0.1) is 21.5 Å². The molecule has 2 N–H and O–H groups in total. The summed E-state index contributed by atoms with van der Waals surface area (Å²) in [4.78, 5) is 11.6. The van der Waals surface area contributed by atoms with E-state index in [0.717, 1.165) is 38.5 Å². The molecule has 0 spiro atoms. The topological polar surface area (TPSA) is 95.5 Å². The van der Waals surface area contributed by atoms with E-state index in [1.165, 1.54) is 25.7 Å². The molecule has 6 heterocycles. The van der Waals surface area contributed by atoms with Crippen molar-refractivity contribution >= 4 is 27.4 Å². The molecule has 6 rings (SSSR count). The van der Waals surface area contributed by atoms with Gasteiger partial charge in [-0.25, -0.2) is 4.98 Å². The molecule has 3 atom stereocenters. The number of H-pyrrole nitrogens is 1. The fourth-order valence-electron chi connectivity index (χ4n) is 4.82. The van der Waals surface area contributed by atoms with Crippen molar-refractivity contribution < 1.29 is 0 Å². The number of fused-ring (bicyclic) bond motifs is 3. The summed E-state index contributed by atoms with van der Waals surface area (Å²) >= 11 is 1.57. The first kappa shape index (κ1) is 17.9. The van der Waals surface area contributed by atoms with Crippen molar-refractivity contribution in [3.8, 4) is 22.5 Å². The Hall–Kier alpha value is -2.91. The van der Waals surface area contributed by atoms with E-state index in [1.54, 1.807) is 17.5 Å². The first-order valence-electron chi connectivity index (χ1n) is 10.3. The van der Waals surface area contributed by atoms with Crippen LogP contribution in [0.15, 0.2) is 36.2 Å². The van der Waals surface area contributed by atoms with E-state index in [4.69, 9.17) is 4.98 Å². The lowest BCUT2D eigenvalue weighted by Gasteiger charge is -2.36. The number of nitrogens with one attached hydrogen (secondary N) is 2. The fourth-order valence-corrected chi connectivity index (χ4v) is 5.62. The minimum atomic E-state index is 0.518. The zero-order valence-corrected chi connectivity index (χ0v) is 17.4. The van der Waals surface area contributed by atoms with E-state index in [9.17, 15) is 0 Å². The molecule has 4 aromatic rings. The van der Waals surface area contributed by atoms with E-state index in [-0.39, 0.29) is 0 Å². The van der Waals surface area contributed by atoms with Gasteiger partial charge in [0.05, 0.1) is 21.9 Å². The third-order valence-electron chi connectivity index (χ3n) is 6.42. The van der Waals surface area contributed by atoms with Crippen molar-refractivity contribution in [3.63, 3.8) is 0 Å². The number of nitrogens with zero attached hydrogens (tertiary/aromatic N) is 6. The first-order valence-corrected chi connectivity index (χ1v) is 11.2. The molecule has 0 radical (unpaired) electrons. The summed E-state index contributed by atoms with van der Waals surface area (Å²) in [7, 11) is 2.14. The smallest absolute Gasteiger partial charge is 0.151 e. The first-order chi connectivity index (χ1) is 14.8. The van der Waals surface area contributed by atoms with Gasteiger partial charge in [-0.1, -0.05) is 0 Å². The predicted octanol–water partition coefficient (Wildman–Crippen LogP) is 3.26.